The molecule has 3 N–H and O–H groups in total. The molecular weight excluding hydrogens is 190 g/mol. The molecule has 0 aliphatic heterocycles. The van der Waals surface area contributed by atoms with Gasteiger partial charge >= 0.3 is 5.97 Å². The third-order valence-corrected chi connectivity index (χ3v) is 2.94. The van der Waals surface area contributed by atoms with Crippen molar-refractivity contribution in [1.82, 2.24) is 0 Å². The van der Waals surface area contributed by atoms with Gasteiger partial charge in [0.1, 0.15) is 0 Å². The second-order valence-electron chi connectivity index (χ2n) is 5.10. The zero-order valence-corrected chi connectivity index (χ0v) is 10.4. The molecule has 0 saturated heterocycles. The summed E-state index contributed by atoms with van der Waals surface area (Å²) in [4.78, 5) is 10.7. The molecule has 0 aliphatic rings. The summed E-state index contributed by atoms with van der Waals surface area (Å²) in [5.74, 6) is -0.00479. The van der Waals surface area contributed by atoms with E-state index in [0.29, 0.717) is 11.8 Å². The molecule has 0 fully saturated rings. The number of hydrogen-bond acceptors (Lipinski definition) is 2. The van der Waals surface area contributed by atoms with Gasteiger partial charge in [-0.3, -0.25) is 4.79 Å². The standard InChI is InChI=1S/C12H25NO2/c1-8(2)5-6-9(3)7-11(13)10(4)12(14)15/h8-11H,5-7,13H2,1-4H3,(H,14,15)/t9-,10?,11+/m1/s1. The summed E-state index contributed by atoms with van der Waals surface area (Å²) >= 11 is 0. The van der Waals surface area contributed by atoms with E-state index in [2.05, 4.69) is 20.8 Å². The van der Waals surface area contributed by atoms with E-state index in [9.17, 15) is 4.79 Å². The molecule has 0 aromatic heterocycles. The minimum atomic E-state index is -0.793. The number of hydrogen-bond donors (Lipinski definition) is 2. The van der Waals surface area contributed by atoms with Crippen LogP contribution in [0.15, 0.2) is 0 Å². The van der Waals surface area contributed by atoms with E-state index in [1.54, 1.807) is 6.92 Å². The van der Waals surface area contributed by atoms with Crippen LogP contribution >= 0.6 is 0 Å². The van der Waals surface area contributed by atoms with Crippen LogP contribution in [0.1, 0.15) is 47.0 Å². The third-order valence-electron chi connectivity index (χ3n) is 2.94. The lowest BCUT2D eigenvalue weighted by atomic mass is 9.89. The van der Waals surface area contributed by atoms with Crippen molar-refractivity contribution in [1.29, 1.82) is 0 Å². The number of carboxylic acid groups (broad SMARTS) is 1. The minimum absolute atomic E-state index is 0.218. The Labute approximate surface area is 93.0 Å². The molecule has 0 aromatic carbocycles. The van der Waals surface area contributed by atoms with Crippen LogP contribution in [0.4, 0.5) is 0 Å². The Morgan fingerprint density at radius 1 is 1.20 bits per heavy atom. The van der Waals surface area contributed by atoms with Crippen LogP contribution in [0.25, 0.3) is 0 Å². The van der Waals surface area contributed by atoms with Crippen molar-refractivity contribution < 1.29 is 9.90 Å². The summed E-state index contributed by atoms with van der Waals surface area (Å²) in [5, 5.41) is 8.80. The average Bonchev–Trinajstić information content (AvgIpc) is 2.13. The minimum Gasteiger partial charge on any atom is -0.481 e. The third kappa shape index (κ3) is 6.50. The quantitative estimate of drug-likeness (QED) is 0.686. The van der Waals surface area contributed by atoms with Gasteiger partial charge in [-0.1, -0.05) is 40.5 Å². The van der Waals surface area contributed by atoms with E-state index in [4.69, 9.17) is 10.8 Å². The Balaban J connectivity index is 3.85. The molecule has 0 aromatic rings. The average molecular weight is 215 g/mol. The SMILES string of the molecule is CC(C)CC[C@@H](C)C[C@H](N)C(C)C(=O)O. The van der Waals surface area contributed by atoms with E-state index < -0.39 is 11.9 Å². The van der Waals surface area contributed by atoms with Gasteiger partial charge in [0.05, 0.1) is 5.92 Å². The number of carbonyl (C=O) groups is 1. The fraction of sp³-hybridized carbons (Fsp3) is 0.917. The maximum atomic E-state index is 10.7. The van der Waals surface area contributed by atoms with Crippen LogP contribution < -0.4 is 5.73 Å². The summed E-state index contributed by atoms with van der Waals surface area (Å²) in [6, 6.07) is -0.218. The molecule has 90 valence electrons. The first kappa shape index (κ1) is 14.4. The van der Waals surface area contributed by atoms with Gasteiger partial charge in [0, 0.05) is 6.04 Å². The van der Waals surface area contributed by atoms with Crippen molar-refractivity contribution in [2.24, 2.45) is 23.5 Å². The van der Waals surface area contributed by atoms with Crippen LogP contribution in [0, 0.1) is 17.8 Å². The van der Waals surface area contributed by atoms with Crippen molar-refractivity contribution in [2.75, 3.05) is 0 Å². The van der Waals surface area contributed by atoms with Gasteiger partial charge in [-0.05, 0) is 18.3 Å². The smallest absolute Gasteiger partial charge is 0.307 e. The molecule has 3 nitrogen and oxygen atoms in total. The van der Waals surface area contributed by atoms with Gasteiger partial charge < -0.3 is 10.8 Å². The number of nitrogens with two attached hydrogens (primary N) is 1. The van der Waals surface area contributed by atoms with Gasteiger partial charge in [0.25, 0.3) is 0 Å². The number of aliphatic carboxylic acids is 1. The monoisotopic (exact) mass is 215 g/mol. The van der Waals surface area contributed by atoms with Crippen LogP contribution in [0.2, 0.25) is 0 Å². The lowest BCUT2D eigenvalue weighted by Gasteiger charge is -2.20. The number of carboxylic acids is 1. The predicted octanol–water partition coefficient (Wildman–Crippen LogP) is 2.50. The van der Waals surface area contributed by atoms with Gasteiger partial charge in [0.15, 0.2) is 0 Å². The highest BCUT2D eigenvalue weighted by Gasteiger charge is 2.21. The summed E-state index contributed by atoms with van der Waals surface area (Å²) < 4.78 is 0. The molecule has 0 radical (unpaired) electrons. The molecule has 0 bridgehead atoms. The summed E-state index contributed by atoms with van der Waals surface area (Å²) in [5.41, 5.74) is 5.84. The van der Waals surface area contributed by atoms with Gasteiger partial charge in [-0.15, -0.1) is 0 Å². The van der Waals surface area contributed by atoms with E-state index in [1.165, 1.54) is 6.42 Å². The van der Waals surface area contributed by atoms with Crippen molar-refractivity contribution >= 4 is 5.97 Å². The molecule has 0 spiro atoms. The molecule has 1 unspecified atom stereocenters. The van der Waals surface area contributed by atoms with E-state index >= 15 is 0 Å². The Morgan fingerprint density at radius 2 is 1.73 bits per heavy atom. The molecule has 3 heteroatoms. The molecule has 0 aliphatic carbocycles. The van der Waals surface area contributed by atoms with Crippen LogP contribution in [0.3, 0.4) is 0 Å². The lowest BCUT2D eigenvalue weighted by Crippen LogP contribution is -2.34. The largest absolute Gasteiger partial charge is 0.481 e. The summed E-state index contributed by atoms with van der Waals surface area (Å²) in [7, 11) is 0. The maximum absolute atomic E-state index is 10.7. The van der Waals surface area contributed by atoms with E-state index in [1.807, 2.05) is 0 Å². The molecule has 3 atom stereocenters. The molecular formula is C12H25NO2. The fourth-order valence-electron chi connectivity index (χ4n) is 1.59. The highest BCUT2D eigenvalue weighted by Crippen LogP contribution is 2.18. The van der Waals surface area contributed by atoms with Crippen LogP contribution in [-0.4, -0.2) is 17.1 Å². The highest BCUT2D eigenvalue weighted by molar-refractivity contribution is 5.70. The second kappa shape index (κ2) is 6.83. The normalized spacial score (nSPS) is 17.5. The molecule has 15 heavy (non-hydrogen) atoms. The van der Waals surface area contributed by atoms with Gasteiger partial charge in [0.2, 0.25) is 0 Å². The van der Waals surface area contributed by atoms with Crippen molar-refractivity contribution in [3.63, 3.8) is 0 Å². The maximum Gasteiger partial charge on any atom is 0.307 e. The Bertz CT molecular complexity index is 192. The number of rotatable bonds is 7. The van der Waals surface area contributed by atoms with Crippen LogP contribution in [-0.2, 0) is 4.79 Å². The van der Waals surface area contributed by atoms with E-state index in [-0.39, 0.29) is 6.04 Å². The van der Waals surface area contributed by atoms with Crippen molar-refractivity contribution in [2.45, 2.75) is 53.0 Å². The van der Waals surface area contributed by atoms with Crippen LogP contribution in [0.5, 0.6) is 0 Å². The Hall–Kier alpha value is -0.570. The van der Waals surface area contributed by atoms with Crippen molar-refractivity contribution in [3.8, 4) is 0 Å². The second-order valence-corrected chi connectivity index (χ2v) is 5.10. The van der Waals surface area contributed by atoms with Crippen molar-refractivity contribution in [3.05, 3.63) is 0 Å². The zero-order valence-electron chi connectivity index (χ0n) is 10.4. The topological polar surface area (TPSA) is 63.3 Å². The molecule has 0 rings (SSSR count). The fourth-order valence-corrected chi connectivity index (χ4v) is 1.59. The summed E-state index contributed by atoms with van der Waals surface area (Å²) in [6.45, 7) is 8.23. The first-order valence-corrected chi connectivity index (χ1v) is 5.83. The highest BCUT2D eigenvalue weighted by atomic mass is 16.4. The molecule has 0 amide bonds. The Morgan fingerprint density at radius 3 is 2.13 bits per heavy atom. The Kier molecular flexibility index (Phi) is 6.57. The van der Waals surface area contributed by atoms with Gasteiger partial charge in [-0.2, -0.15) is 0 Å². The first-order valence-electron chi connectivity index (χ1n) is 5.83. The molecule has 0 heterocycles. The molecule has 0 saturated carbocycles. The van der Waals surface area contributed by atoms with E-state index in [0.717, 1.165) is 12.8 Å². The van der Waals surface area contributed by atoms with Gasteiger partial charge in [-0.25, -0.2) is 0 Å². The first-order chi connectivity index (χ1) is 6.84. The summed E-state index contributed by atoms with van der Waals surface area (Å²) in [6.07, 6.45) is 3.13. The lowest BCUT2D eigenvalue weighted by molar-refractivity contribution is -0.141. The zero-order chi connectivity index (χ0) is 12.0. The predicted molar refractivity (Wildman–Crippen MR) is 62.6 cm³/mol.